The Morgan fingerprint density at radius 1 is 1.26 bits per heavy atom. The number of urea groups is 1. The molecular formula is C13H15N3O2S. The average molecular weight is 277 g/mol. The van der Waals surface area contributed by atoms with Gasteiger partial charge in [0.05, 0.1) is 18.8 Å². The Balaban J connectivity index is 1.90. The van der Waals surface area contributed by atoms with Gasteiger partial charge in [0.25, 0.3) is 0 Å². The molecule has 0 unspecified atom stereocenters. The van der Waals surface area contributed by atoms with Crippen molar-refractivity contribution < 1.29 is 9.90 Å². The summed E-state index contributed by atoms with van der Waals surface area (Å²) in [4.78, 5) is 15.8. The molecule has 1 aromatic carbocycles. The lowest BCUT2D eigenvalue weighted by atomic mass is 10.2. The quantitative estimate of drug-likeness (QED) is 0.777. The van der Waals surface area contributed by atoms with Crippen molar-refractivity contribution in [3.8, 4) is 11.3 Å². The van der Waals surface area contributed by atoms with Gasteiger partial charge in [-0.15, -0.1) is 11.3 Å². The summed E-state index contributed by atoms with van der Waals surface area (Å²) in [6, 6.07) is 9.60. The van der Waals surface area contributed by atoms with Crippen molar-refractivity contribution in [3.05, 3.63) is 40.7 Å². The topological polar surface area (TPSA) is 74.2 Å². The van der Waals surface area contributed by atoms with Gasteiger partial charge in [0, 0.05) is 17.5 Å². The fourth-order valence-corrected chi connectivity index (χ4v) is 2.26. The normalized spacial score (nSPS) is 10.2. The lowest BCUT2D eigenvalue weighted by Gasteiger charge is -2.03. The molecular weight excluding hydrogens is 262 g/mol. The van der Waals surface area contributed by atoms with Crippen molar-refractivity contribution in [1.29, 1.82) is 0 Å². The summed E-state index contributed by atoms with van der Waals surface area (Å²) in [5.74, 6) is 0. The number of hydrogen-bond acceptors (Lipinski definition) is 4. The van der Waals surface area contributed by atoms with Crippen LogP contribution in [0.4, 0.5) is 4.79 Å². The molecule has 0 aliphatic carbocycles. The Labute approximate surface area is 115 Å². The van der Waals surface area contributed by atoms with E-state index in [0.717, 1.165) is 16.3 Å². The number of carbonyl (C=O) groups is 1. The number of benzene rings is 1. The summed E-state index contributed by atoms with van der Waals surface area (Å²) in [7, 11) is 0. The second-order valence-corrected chi connectivity index (χ2v) is 4.77. The van der Waals surface area contributed by atoms with Crippen LogP contribution in [0.15, 0.2) is 35.7 Å². The van der Waals surface area contributed by atoms with Crippen LogP contribution < -0.4 is 10.6 Å². The van der Waals surface area contributed by atoms with E-state index in [9.17, 15) is 4.79 Å². The summed E-state index contributed by atoms with van der Waals surface area (Å²) in [6.45, 7) is 0.566. The summed E-state index contributed by atoms with van der Waals surface area (Å²) in [5, 5.41) is 16.6. The molecule has 0 saturated heterocycles. The van der Waals surface area contributed by atoms with E-state index in [1.54, 1.807) is 0 Å². The third-order valence-electron chi connectivity index (χ3n) is 2.42. The number of carbonyl (C=O) groups excluding carboxylic acids is 1. The Hall–Kier alpha value is -1.92. The van der Waals surface area contributed by atoms with Gasteiger partial charge in [0.2, 0.25) is 0 Å². The van der Waals surface area contributed by atoms with Crippen LogP contribution in [0.3, 0.4) is 0 Å². The number of aliphatic hydroxyl groups excluding tert-OH is 1. The van der Waals surface area contributed by atoms with Crippen molar-refractivity contribution in [1.82, 2.24) is 15.6 Å². The Bertz CT molecular complexity index is 528. The number of rotatable bonds is 5. The van der Waals surface area contributed by atoms with Gasteiger partial charge in [-0.25, -0.2) is 9.78 Å². The van der Waals surface area contributed by atoms with E-state index in [2.05, 4.69) is 15.6 Å². The van der Waals surface area contributed by atoms with Crippen LogP contribution >= 0.6 is 11.3 Å². The van der Waals surface area contributed by atoms with Gasteiger partial charge < -0.3 is 15.7 Å². The lowest BCUT2D eigenvalue weighted by molar-refractivity contribution is 0.234. The summed E-state index contributed by atoms with van der Waals surface area (Å²) >= 11 is 1.51. The third-order valence-corrected chi connectivity index (χ3v) is 3.27. The summed E-state index contributed by atoms with van der Waals surface area (Å²) < 4.78 is 0. The highest BCUT2D eigenvalue weighted by Gasteiger charge is 2.05. The van der Waals surface area contributed by atoms with Crippen LogP contribution in [-0.2, 0) is 6.54 Å². The van der Waals surface area contributed by atoms with Crippen LogP contribution in [0.25, 0.3) is 11.3 Å². The minimum absolute atomic E-state index is 0.0666. The molecule has 0 aliphatic rings. The van der Waals surface area contributed by atoms with Crippen LogP contribution in [0.1, 0.15) is 5.01 Å². The smallest absolute Gasteiger partial charge is 0.315 e. The van der Waals surface area contributed by atoms with Crippen molar-refractivity contribution >= 4 is 17.4 Å². The predicted octanol–water partition coefficient (Wildman–Crippen LogP) is 1.60. The SMILES string of the molecule is O=C(NCCO)NCc1nc(-c2ccccc2)cs1. The molecule has 0 fully saturated rings. The molecule has 0 radical (unpaired) electrons. The third kappa shape index (κ3) is 4.04. The molecule has 19 heavy (non-hydrogen) atoms. The lowest BCUT2D eigenvalue weighted by Crippen LogP contribution is -2.36. The molecule has 2 amide bonds. The summed E-state index contributed by atoms with van der Waals surface area (Å²) in [6.07, 6.45) is 0. The van der Waals surface area contributed by atoms with Crippen molar-refractivity contribution in [2.75, 3.05) is 13.2 Å². The molecule has 5 nitrogen and oxygen atoms in total. The van der Waals surface area contributed by atoms with E-state index in [1.807, 2.05) is 35.7 Å². The highest BCUT2D eigenvalue weighted by molar-refractivity contribution is 7.09. The van der Waals surface area contributed by atoms with E-state index in [0.29, 0.717) is 6.54 Å². The Kier molecular flexibility index (Phi) is 4.88. The Morgan fingerprint density at radius 3 is 2.79 bits per heavy atom. The first-order valence-electron chi connectivity index (χ1n) is 5.92. The molecule has 1 aromatic heterocycles. The largest absolute Gasteiger partial charge is 0.395 e. The molecule has 100 valence electrons. The van der Waals surface area contributed by atoms with Gasteiger partial charge in [-0.2, -0.15) is 0 Å². The van der Waals surface area contributed by atoms with Crippen LogP contribution in [0, 0.1) is 0 Å². The first kappa shape index (κ1) is 13.5. The molecule has 2 aromatic rings. The maximum atomic E-state index is 11.3. The summed E-state index contributed by atoms with van der Waals surface area (Å²) in [5.41, 5.74) is 1.98. The maximum absolute atomic E-state index is 11.3. The molecule has 0 spiro atoms. The number of aliphatic hydroxyl groups is 1. The zero-order valence-electron chi connectivity index (χ0n) is 10.3. The molecule has 0 bridgehead atoms. The fraction of sp³-hybridized carbons (Fsp3) is 0.231. The van der Waals surface area contributed by atoms with Crippen molar-refractivity contribution in [2.45, 2.75) is 6.54 Å². The zero-order chi connectivity index (χ0) is 13.5. The average Bonchev–Trinajstić information content (AvgIpc) is 2.93. The monoisotopic (exact) mass is 277 g/mol. The number of aromatic nitrogens is 1. The van der Waals surface area contributed by atoms with Gasteiger partial charge in [-0.3, -0.25) is 0 Å². The number of nitrogens with zero attached hydrogens (tertiary/aromatic N) is 1. The zero-order valence-corrected chi connectivity index (χ0v) is 11.1. The number of nitrogens with one attached hydrogen (secondary N) is 2. The van der Waals surface area contributed by atoms with Gasteiger partial charge in [0.15, 0.2) is 0 Å². The number of amides is 2. The molecule has 1 heterocycles. The van der Waals surface area contributed by atoms with Crippen molar-refractivity contribution in [3.63, 3.8) is 0 Å². The van der Waals surface area contributed by atoms with E-state index in [-0.39, 0.29) is 19.2 Å². The second-order valence-electron chi connectivity index (χ2n) is 3.83. The highest BCUT2D eigenvalue weighted by Crippen LogP contribution is 2.21. The minimum atomic E-state index is -0.300. The highest BCUT2D eigenvalue weighted by atomic mass is 32.1. The van der Waals surface area contributed by atoms with E-state index < -0.39 is 0 Å². The van der Waals surface area contributed by atoms with E-state index >= 15 is 0 Å². The Morgan fingerprint density at radius 2 is 2.05 bits per heavy atom. The molecule has 0 atom stereocenters. The van der Waals surface area contributed by atoms with Crippen LogP contribution in [0.5, 0.6) is 0 Å². The van der Waals surface area contributed by atoms with E-state index in [4.69, 9.17) is 5.11 Å². The van der Waals surface area contributed by atoms with Gasteiger partial charge in [-0.05, 0) is 0 Å². The number of hydrogen-bond donors (Lipinski definition) is 3. The van der Waals surface area contributed by atoms with Crippen LogP contribution in [-0.4, -0.2) is 29.3 Å². The molecule has 2 rings (SSSR count). The molecule has 0 aliphatic heterocycles. The van der Waals surface area contributed by atoms with Crippen LogP contribution in [0.2, 0.25) is 0 Å². The predicted molar refractivity (Wildman–Crippen MR) is 74.9 cm³/mol. The second kappa shape index (κ2) is 6.86. The van der Waals surface area contributed by atoms with Gasteiger partial charge >= 0.3 is 6.03 Å². The first-order valence-corrected chi connectivity index (χ1v) is 6.80. The van der Waals surface area contributed by atoms with E-state index in [1.165, 1.54) is 11.3 Å². The van der Waals surface area contributed by atoms with Gasteiger partial charge in [0.1, 0.15) is 5.01 Å². The molecule has 0 saturated carbocycles. The van der Waals surface area contributed by atoms with Gasteiger partial charge in [-0.1, -0.05) is 30.3 Å². The van der Waals surface area contributed by atoms with Crippen molar-refractivity contribution in [2.24, 2.45) is 0 Å². The standard InChI is InChI=1S/C13H15N3O2S/c17-7-6-14-13(18)15-8-12-16-11(9-19-12)10-4-2-1-3-5-10/h1-5,9,17H,6-8H2,(H2,14,15,18). The number of thiazole rings is 1. The maximum Gasteiger partial charge on any atom is 0.315 e. The minimum Gasteiger partial charge on any atom is -0.395 e. The molecule has 6 heteroatoms. The molecule has 3 N–H and O–H groups in total. The first-order chi connectivity index (χ1) is 9.29. The fourth-order valence-electron chi connectivity index (χ4n) is 1.52.